The molecule has 2 nitrogen and oxygen atoms in total. The first kappa shape index (κ1) is 13.8. The van der Waals surface area contributed by atoms with Crippen LogP contribution in [-0.2, 0) is 5.41 Å². The third-order valence-electron chi connectivity index (χ3n) is 6.27. The van der Waals surface area contributed by atoms with Gasteiger partial charge in [-0.25, -0.2) is 5.84 Å². The second kappa shape index (κ2) is 4.60. The Morgan fingerprint density at radius 2 is 1.64 bits per heavy atom. The van der Waals surface area contributed by atoms with Crippen LogP contribution in [0.2, 0.25) is 0 Å². The predicted octanol–water partition coefficient (Wildman–Crippen LogP) is 4.64. The van der Waals surface area contributed by atoms with Crippen LogP contribution in [-0.4, -0.2) is 5.54 Å². The van der Waals surface area contributed by atoms with Gasteiger partial charge in [-0.05, 0) is 48.6 Å². The summed E-state index contributed by atoms with van der Waals surface area (Å²) in [6, 6.07) is 17.4. The maximum Gasteiger partial charge on any atom is 0.0627 e. The van der Waals surface area contributed by atoms with Gasteiger partial charge in [-0.2, -0.15) is 0 Å². The van der Waals surface area contributed by atoms with Gasteiger partial charge in [-0.15, -0.1) is 0 Å². The molecule has 114 valence electrons. The summed E-state index contributed by atoms with van der Waals surface area (Å²) in [4.78, 5) is 0. The van der Waals surface area contributed by atoms with Crippen molar-refractivity contribution < 1.29 is 0 Å². The minimum Gasteiger partial charge on any atom is -0.304 e. The van der Waals surface area contributed by atoms with Crippen LogP contribution in [0.25, 0.3) is 11.1 Å². The first-order chi connectivity index (χ1) is 10.6. The highest BCUT2D eigenvalue weighted by atomic mass is 15.5. The van der Waals surface area contributed by atoms with Crippen molar-refractivity contribution in [3.05, 3.63) is 54.1 Å². The van der Waals surface area contributed by atoms with E-state index >= 15 is 0 Å². The van der Waals surface area contributed by atoms with E-state index in [0.29, 0.717) is 0 Å². The van der Waals surface area contributed by atoms with Gasteiger partial charge in [0, 0.05) is 5.41 Å². The summed E-state index contributed by atoms with van der Waals surface area (Å²) < 4.78 is 0. The molecule has 0 radical (unpaired) electrons. The highest BCUT2D eigenvalue weighted by Gasteiger charge is 2.56. The van der Waals surface area contributed by atoms with Crippen LogP contribution >= 0.6 is 0 Å². The Morgan fingerprint density at radius 3 is 2.41 bits per heavy atom. The van der Waals surface area contributed by atoms with Crippen molar-refractivity contribution in [2.45, 2.75) is 50.5 Å². The number of hydrogen-bond donors (Lipinski definition) is 1. The van der Waals surface area contributed by atoms with Gasteiger partial charge < -0.3 is 5.01 Å². The predicted molar refractivity (Wildman–Crippen MR) is 92.8 cm³/mol. The Morgan fingerprint density at radius 1 is 0.909 bits per heavy atom. The highest BCUT2D eigenvalue weighted by Crippen LogP contribution is 2.57. The molecule has 1 fully saturated rings. The van der Waals surface area contributed by atoms with Crippen molar-refractivity contribution in [3.63, 3.8) is 0 Å². The molecule has 2 unspecified atom stereocenters. The van der Waals surface area contributed by atoms with E-state index in [-0.39, 0.29) is 11.0 Å². The van der Waals surface area contributed by atoms with Crippen LogP contribution in [0.5, 0.6) is 0 Å². The quantitative estimate of drug-likeness (QED) is 0.776. The van der Waals surface area contributed by atoms with Gasteiger partial charge in [0.1, 0.15) is 0 Å². The fourth-order valence-corrected chi connectivity index (χ4v) is 4.57. The first-order valence-corrected chi connectivity index (χ1v) is 8.31. The molecule has 2 aliphatic rings. The number of nitrogens with two attached hydrogens (primary N) is 1. The maximum absolute atomic E-state index is 6.54. The Bertz CT molecular complexity index is 709. The van der Waals surface area contributed by atoms with E-state index in [1.54, 1.807) is 0 Å². The fourth-order valence-electron chi connectivity index (χ4n) is 4.57. The molecule has 0 saturated heterocycles. The summed E-state index contributed by atoms with van der Waals surface area (Å²) in [5.74, 6) is 6.54. The summed E-state index contributed by atoms with van der Waals surface area (Å²) in [7, 11) is 0. The largest absolute Gasteiger partial charge is 0.304 e. The minimum absolute atomic E-state index is 0.0445. The summed E-state index contributed by atoms with van der Waals surface area (Å²) in [6.07, 6.45) is 4.98. The van der Waals surface area contributed by atoms with Crippen molar-refractivity contribution >= 4 is 5.69 Å². The Hall–Kier alpha value is -1.80. The molecular weight excluding hydrogens is 268 g/mol. The second-order valence-corrected chi connectivity index (χ2v) is 7.28. The third-order valence-corrected chi connectivity index (χ3v) is 6.27. The van der Waals surface area contributed by atoms with Crippen molar-refractivity contribution in [2.75, 3.05) is 5.01 Å². The molecule has 0 aromatic heterocycles. The maximum atomic E-state index is 6.54. The monoisotopic (exact) mass is 292 g/mol. The lowest BCUT2D eigenvalue weighted by Crippen LogP contribution is -2.59. The molecule has 2 aromatic rings. The average molecular weight is 292 g/mol. The zero-order valence-electron chi connectivity index (χ0n) is 13.5. The van der Waals surface area contributed by atoms with Crippen LogP contribution in [0.15, 0.2) is 48.5 Å². The topological polar surface area (TPSA) is 29.3 Å². The zero-order chi connectivity index (χ0) is 15.4. The summed E-state index contributed by atoms with van der Waals surface area (Å²) in [5.41, 5.74) is 5.42. The zero-order valence-corrected chi connectivity index (χ0v) is 13.5. The lowest BCUT2D eigenvalue weighted by atomic mass is 9.62. The SMILES string of the molecule is CC12CCCCC1(C)N(N)c1ccc(-c3ccccc3)cc12. The third kappa shape index (κ3) is 1.65. The molecule has 0 amide bonds. The molecule has 1 saturated carbocycles. The number of hydrogen-bond acceptors (Lipinski definition) is 2. The smallest absolute Gasteiger partial charge is 0.0627 e. The van der Waals surface area contributed by atoms with Crippen LogP contribution in [0, 0.1) is 0 Å². The highest BCUT2D eigenvalue weighted by molar-refractivity contribution is 5.74. The van der Waals surface area contributed by atoms with Crippen LogP contribution in [0.1, 0.15) is 45.1 Å². The summed E-state index contributed by atoms with van der Waals surface area (Å²) in [5, 5.41) is 2.05. The van der Waals surface area contributed by atoms with Gasteiger partial charge in [-0.3, -0.25) is 0 Å². The van der Waals surface area contributed by atoms with Gasteiger partial charge in [-0.1, -0.05) is 56.2 Å². The van der Waals surface area contributed by atoms with Gasteiger partial charge in [0.05, 0.1) is 11.2 Å². The van der Waals surface area contributed by atoms with E-state index < -0.39 is 0 Å². The van der Waals surface area contributed by atoms with Crippen LogP contribution in [0.3, 0.4) is 0 Å². The molecule has 0 spiro atoms. The van der Waals surface area contributed by atoms with Crippen molar-refractivity contribution in [3.8, 4) is 11.1 Å². The van der Waals surface area contributed by atoms with E-state index in [1.165, 1.54) is 48.1 Å². The van der Waals surface area contributed by atoms with Gasteiger partial charge in [0.15, 0.2) is 0 Å². The van der Waals surface area contributed by atoms with Crippen molar-refractivity contribution in [2.24, 2.45) is 5.84 Å². The average Bonchev–Trinajstić information content (AvgIpc) is 2.74. The summed E-state index contributed by atoms with van der Waals surface area (Å²) >= 11 is 0. The molecule has 0 bridgehead atoms. The normalized spacial score (nSPS) is 30.0. The van der Waals surface area contributed by atoms with Crippen LogP contribution < -0.4 is 10.9 Å². The molecule has 1 aliphatic carbocycles. The van der Waals surface area contributed by atoms with E-state index in [0.717, 1.165) is 0 Å². The Kier molecular flexibility index (Phi) is 2.89. The molecular formula is C20H24N2. The molecule has 2 atom stereocenters. The van der Waals surface area contributed by atoms with E-state index in [2.05, 4.69) is 67.4 Å². The van der Waals surface area contributed by atoms with Gasteiger partial charge in [0.2, 0.25) is 0 Å². The second-order valence-electron chi connectivity index (χ2n) is 7.28. The van der Waals surface area contributed by atoms with E-state index in [1.807, 2.05) is 0 Å². The molecule has 2 aromatic carbocycles. The molecule has 4 rings (SSSR count). The molecule has 2 N–H and O–H groups in total. The number of fused-ring (bicyclic) bond motifs is 3. The van der Waals surface area contributed by atoms with Crippen molar-refractivity contribution in [1.29, 1.82) is 0 Å². The van der Waals surface area contributed by atoms with E-state index in [4.69, 9.17) is 5.84 Å². The number of anilines is 1. The van der Waals surface area contributed by atoms with Gasteiger partial charge >= 0.3 is 0 Å². The Labute approximate surface area is 132 Å². The molecule has 2 heteroatoms. The lowest BCUT2D eigenvalue weighted by molar-refractivity contribution is 0.184. The number of benzene rings is 2. The molecule has 1 heterocycles. The van der Waals surface area contributed by atoms with Crippen LogP contribution in [0.4, 0.5) is 5.69 Å². The molecule has 22 heavy (non-hydrogen) atoms. The minimum atomic E-state index is 0.0445. The Balaban J connectivity index is 1.88. The summed E-state index contributed by atoms with van der Waals surface area (Å²) in [6.45, 7) is 4.75. The first-order valence-electron chi connectivity index (χ1n) is 8.31. The van der Waals surface area contributed by atoms with Crippen molar-refractivity contribution in [1.82, 2.24) is 0 Å². The van der Waals surface area contributed by atoms with E-state index in [9.17, 15) is 0 Å². The standard InChI is InChI=1S/C20H24N2/c1-19-12-6-7-13-20(19,2)22(21)18-11-10-16(14-17(18)19)15-8-4-3-5-9-15/h3-5,8-11,14H,6-7,12-13,21H2,1-2H3. The number of nitrogens with zero attached hydrogens (tertiary/aromatic N) is 1. The number of hydrazine groups is 1. The number of rotatable bonds is 1. The lowest BCUT2D eigenvalue weighted by Gasteiger charge is -2.48. The fraction of sp³-hybridized carbons (Fsp3) is 0.400. The molecule has 1 aliphatic heterocycles. The van der Waals surface area contributed by atoms with Gasteiger partial charge in [0.25, 0.3) is 0 Å².